The van der Waals surface area contributed by atoms with Crippen molar-refractivity contribution in [3.05, 3.63) is 29.8 Å². The van der Waals surface area contributed by atoms with E-state index in [1.807, 2.05) is 18.2 Å². The molecule has 0 heterocycles. The minimum atomic E-state index is -0.0253. The molecule has 0 aliphatic heterocycles. The highest BCUT2D eigenvalue weighted by Gasteiger charge is 2.01. The molecule has 84 valence electrons. The van der Waals surface area contributed by atoms with Crippen molar-refractivity contribution in [3.63, 3.8) is 0 Å². The van der Waals surface area contributed by atoms with Gasteiger partial charge in [-0.25, -0.2) is 0 Å². The van der Waals surface area contributed by atoms with Gasteiger partial charge in [0.2, 0.25) is 5.91 Å². The van der Waals surface area contributed by atoms with Crippen LogP contribution < -0.4 is 11.1 Å². The maximum atomic E-state index is 11.4. The average Bonchev–Trinajstić information content (AvgIpc) is 2.28. The predicted molar refractivity (Wildman–Crippen MR) is 62.4 cm³/mol. The van der Waals surface area contributed by atoms with E-state index in [-0.39, 0.29) is 5.91 Å². The molecule has 1 amide bonds. The number of amides is 1. The lowest BCUT2D eigenvalue weighted by Gasteiger charge is -2.04. The molecule has 0 aliphatic rings. The lowest BCUT2D eigenvalue weighted by atomic mass is 10.1. The fraction of sp³-hybridized carbons (Fsp3) is 0.333. The van der Waals surface area contributed by atoms with E-state index in [4.69, 9.17) is 11.0 Å². The molecule has 0 radical (unpaired) electrons. The van der Waals surface area contributed by atoms with Crippen molar-refractivity contribution in [1.29, 1.82) is 5.26 Å². The first-order valence-corrected chi connectivity index (χ1v) is 5.20. The molecule has 1 rings (SSSR count). The Bertz CT molecular complexity index is 378. The zero-order valence-corrected chi connectivity index (χ0v) is 9.07. The quantitative estimate of drug-likeness (QED) is 0.575. The monoisotopic (exact) mass is 217 g/mol. The van der Waals surface area contributed by atoms with Crippen molar-refractivity contribution < 1.29 is 4.79 Å². The molecule has 0 aliphatic carbocycles. The number of nitriles is 1. The summed E-state index contributed by atoms with van der Waals surface area (Å²) in [6.45, 7) is 0.557. The van der Waals surface area contributed by atoms with Gasteiger partial charge in [0, 0.05) is 18.7 Å². The number of nitrogens with one attached hydrogen (secondary N) is 1. The maximum Gasteiger partial charge on any atom is 0.224 e. The Morgan fingerprint density at radius 2 is 2.06 bits per heavy atom. The molecule has 3 N–H and O–H groups in total. The third-order valence-electron chi connectivity index (χ3n) is 2.13. The first-order chi connectivity index (χ1) is 7.72. The largest absolute Gasteiger partial charge is 0.399 e. The van der Waals surface area contributed by atoms with Gasteiger partial charge >= 0.3 is 0 Å². The van der Waals surface area contributed by atoms with Gasteiger partial charge in [-0.15, -0.1) is 0 Å². The molecule has 0 bridgehead atoms. The summed E-state index contributed by atoms with van der Waals surface area (Å²) in [6.07, 6.45) is 1.53. The smallest absolute Gasteiger partial charge is 0.224 e. The van der Waals surface area contributed by atoms with Gasteiger partial charge < -0.3 is 11.1 Å². The molecule has 0 saturated heterocycles. The Kier molecular flexibility index (Phi) is 4.87. The zero-order chi connectivity index (χ0) is 11.8. The van der Waals surface area contributed by atoms with Crippen LogP contribution in [0.3, 0.4) is 0 Å². The number of nitrogens with two attached hydrogens (primary N) is 1. The first-order valence-electron chi connectivity index (χ1n) is 5.20. The van der Waals surface area contributed by atoms with Crippen LogP contribution in [-0.4, -0.2) is 12.5 Å². The normalized spacial score (nSPS) is 9.44. The summed E-state index contributed by atoms with van der Waals surface area (Å²) in [5.41, 5.74) is 7.17. The average molecular weight is 217 g/mol. The van der Waals surface area contributed by atoms with E-state index in [2.05, 4.69) is 5.32 Å². The molecule has 0 atom stereocenters. The van der Waals surface area contributed by atoms with Crippen molar-refractivity contribution in [2.75, 3.05) is 12.3 Å². The predicted octanol–water partition coefficient (Wildman–Crippen LogP) is 1.23. The third-order valence-corrected chi connectivity index (χ3v) is 2.13. The van der Waals surface area contributed by atoms with Crippen LogP contribution in [-0.2, 0) is 11.2 Å². The van der Waals surface area contributed by atoms with Crippen LogP contribution in [0.15, 0.2) is 24.3 Å². The van der Waals surface area contributed by atoms with Gasteiger partial charge in [-0.3, -0.25) is 4.79 Å². The van der Waals surface area contributed by atoms with Gasteiger partial charge in [-0.2, -0.15) is 5.26 Å². The second-order valence-corrected chi connectivity index (χ2v) is 3.53. The summed E-state index contributed by atoms with van der Waals surface area (Å²) in [6, 6.07) is 9.26. The van der Waals surface area contributed by atoms with Crippen LogP contribution in [0.2, 0.25) is 0 Å². The minimum absolute atomic E-state index is 0.0253. The van der Waals surface area contributed by atoms with Crippen molar-refractivity contribution in [2.24, 2.45) is 0 Å². The SMILES string of the molecule is N#CCCCNC(=O)Cc1ccc(N)cc1. The fourth-order valence-corrected chi connectivity index (χ4v) is 1.28. The van der Waals surface area contributed by atoms with E-state index in [0.29, 0.717) is 31.5 Å². The van der Waals surface area contributed by atoms with Crippen LogP contribution in [0, 0.1) is 11.3 Å². The zero-order valence-electron chi connectivity index (χ0n) is 9.07. The molecule has 0 fully saturated rings. The molecular formula is C12H15N3O. The molecule has 0 aromatic heterocycles. The third kappa shape index (κ3) is 4.47. The van der Waals surface area contributed by atoms with Crippen LogP contribution in [0.1, 0.15) is 18.4 Å². The number of rotatable bonds is 5. The summed E-state index contributed by atoms with van der Waals surface area (Å²) in [7, 11) is 0. The van der Waals surface area contributed by atoms with Gasteiger partial charge in [-0.1, -0.05) is 12.1 Å². The van der Waals surface area contributed by atoms with Crippen molar-refractivity contribution in [2.45, 2.75) is 19.3 Å². The molecule has 0 unspecified atom stereocenters. The van der Waals surface area contributed by atoms with Crippen LogP contribution in [0.25, 0.3) is 0 Å². The number of hydrogen-bond donors (Lipinski definition) is 2. The number of unbranched alkanes of at least 4 members (excludes halogenated alkanes) is 1. The number of nitrogen functional groups attached to an aromatic ring is 1. The molecular weight excluding hydrogens is 202 g/mol. The number of nitrogens with zero attached hydrogens (tertiary/aromatic N) is 1. The number of hydrogen-bond acceptors (Lipinski definition) is 3. The van der Waals surface area contributed by atoms with E-state index in [0.717, 1.165) is 5.56 Å². The van der Waals surface area contributed by atoms with Gasteiger partial charge in [0.1, 0.15) is 0 Å². The Labute approximate surface area is 95.1 Å². The van der Waals surface area contributed by atoms with E-state index < -0.39 is 0 Å². The second kappa shape index (κ2) is 6.46. The van der Waals surface area contributed by atoms with E-state index in [1.165, 1.54) is 0 Å². The van der Waals surface area contributed by atoms with Crippen molar-refractivity contribution >= 4 is 11.6 Å². The Morgan fingerprint density at radius 3 is 2.69 bits per heavy atom. The Hall–Kier alpha value is -2.02. The molecule has 0 spiro atoms. The lowest BCUT2D eigenvalue weighted by molar-refractivity contribution is -0.120. The summed E-state index contributed by atoms with van der Waals surface area (Å²) in [4.78, 5) is 11.4. The number of anilines is 1. The highest BCUT2D eigenvalue weighted by atomic mass is 16.1. The molecule has 4 heteroatoms. The number of benzene rings is 1. The second-order valence-electron chi connectivity index (χ2n) is 3.53. The van der Waals surface area contributed by atoms with E-state index in [9.17, 15) is 4.79 Å². The summed E-state index contributed by atoms with van der Waals surface area (Å²) < 4.78 is 0. The van der Waals surface area contributed by atoms with Crippen LogP contribution in [0.5, 0.6) is 0 Å². The molecule has 0 saturated carbocycles. The lowest BCUT2D eigenvalue weighted by Crippen LogP contribution is -2.25. The standard InChI is InChI=1S/C12H15N3O/c13-7-1-2-8-15-12(16)9-10-3-5-11(14)6-4-10/h3-6H,1-2,8-9,14H2,(H,15,16). The summed E-state index contributed by atoms with van der Waals surface area (Å²) >= 11 is 0. The van der Waals surface area contributed by atoms with Gasteiger partial charge in [0.05, 0.1) is 12.5 Å². The number of carbonyl (C=O) groups excluding carboxylic acids is 1. The highest BCUT2D eigenvalue weighted by molar-refractivity contribution is 5.78. The highest BCUT2D eigenvalue weighted by Crippen LogP contribution is 2.05. The summed E-state index contributed by atoms with van der Waals surface area (Å²) in [5, 5.41) is 11.1. The van der Waals surface area contributed by atoms with Gasteiger partial charge in [0.25, 0.3) is 0 Å². The van der Waals surface area contributed by atoms with Crippen LogP contribution in [0.4, 0.5) is 5.69 Å². The molecule has 1 aromatic carbocycles. The van der Waals surface area contributed by atoms with E-state index >= 15 is 0 Å². The Morgan fingerprint density at radius 1 is 1.38 bits per heavy atom. The van der Waals surface area contributed by atoms with E-state index in [1.54, 1.807) is 12.1 Å². The van der Waals surface area contributed by atoms with Gasteiger partial charge in [0.15, 0.2) is 0 Å². The van der Waals surface area contributed by atoms with Crippen molar-refractivity contribution in [3.8, 4) is 6.07 Å². The molecule has 16 heavy (non-hydrogen) atoms. The topological polar surface area (TPSA) is 78.9 Å². The Balaban J connectivity index is 2.29. The molecule has 4 nitrogen and oxygen atoms in total. The number of carbonyl (C=O) groups is 1. The van der Waals surface area contributed by atoms with Crippen molar-refractivity contribution in [1.82, 2.24) is 5.32 Å². The maximum absolute atomic E-state index is 11.4. The fourth-order valence-electron chi connectivity index (χ4n) is 1.28. The molecule has 1 aromatic rings. The first kappa shape index (κ1) is 12.1. The van der Waals surface area contributed by atoms with Gasteiger partial charge in [-0.05, 0) is 24.1 Å². The minimum Gasteiger partial charge on any atom is -0.399 e. The van der Waals surface area contributed by atoms with Crippen LogP contribution >= 0.6 is 0 Å². The summed E-state index contributed by atoms with van der Waals surface area (Å²) in [5.74, 6) is -0.0253.